The van der Waals surface area contributed by atoms with Crippen molar-refractivity contribution in [1.29, 1.82) is 0 Å². The highest BCUT2D eigenvalue weighted by atomic mass is 16.4. The van der Waals surface area contributed by atoms with E-state index < -0.39 is 12.0 Å². The van der Waals surface area contributed by atoms with Crippen LogP contribution in [0.5, 0.6) is 0 Å². The van der Waals surface area contributed by atoms with Crippen LogP contribution in [-0.2, 0) is 9.59 Å². The van der Waals surface area contributed by atoms with Crippen molar-refractivity contribution >= 4 is 17.6 Å². The Morgan fingerprint density at radius 1 is 1.09 bits per heavy atom. The maximum Gasteiger partial charge on any atom is 0.327 e. The van der Waals surface area contributed by atoms with Crippen molar-refractivity contribution < 1.29 is 14.7 Å². The molecule has 2 atom stereocenters. The number of nitrogens with zero attached hydrogens (tertiary/aromatic N) is 1. The lowest BCUT2D eigenvalue weighted by Gasteiger charge is -2.25. The second-order valence-corrected chi connectivity index (χ2v) is 5.60. The Morgan fingerprint density at radius 2 is 1.73 bits per heavy atom. The number of aryl methyl sites for hydroxylation is 1. The molecule has 1 aliphatic rings. The monoisotopic (exact) mass is 295 g/mol. The van der Waals surface area contributed by atoms with Gasteiger partial charge in [-0.2, -0.15) is 0 Å². The van der Waals surface area contributed by atoms with Gasteiger partial charge in [-0.3, -0.25) is 9.69 Å². The third-order valence-corrected chi connectivity index (χ3v) is 4.12. The van der Waals surface area contributed by atoms with Crippen molar-refractivity contribution in [1.82, 2.24) is 0 Å². The van der Waals surface area contributed by atoms with Gasteiger partial charge in [-0.1, -0.05) is 48.0 Å². The summed E-state index contributed by atoms with van der Waals surface area (Å²) in [7, 11) is 0. The molecule has 2 aromatic carbocycles. The molecule has 1 saturated heterocycles. The molecular weight excluding hydrogens is 278 g/mol. The zero-order valence-electron chi connectivity index (χ0n) is 12.3. The molecule has 0 aromatic heterocycles. The van der Waals surface area contributed by atoms with Gasteiger partial charge >= 0.3 is 5.97 Å². The van der Waals surface area contributed by atoms with Crippen LogP contribution < -0.4 is 4.90 Å². The third-order valence-electron chi connectivity index (χ3n) is 4.12. The molecular formula is C18H17NO3. The summed E-state index contributed by atoms with van der Waals surface area (Å²) in [6, 6.07) is 15.9. The highest BCUT2D eigenvalue weighted by Gasteiger charge is 2.45. The van der Waals surface area contributed by atoms with E-state index in [9.17, 15) is 14.7 Å². The van der Waals surface area contributed by atoms with E-state index >= 15 is 0 Å². The van der Waals surface area contributed by atoms with Crippen LogP contribution in [0.1, 0.15) is 23.5 Å². The number of amides is 1. The highest BCUT2D eigenvalue weighted by Crippen LogP contribution is 2.37. The van der Waals surface area contributed by atoms with Gasteiger partial charge in [0.25, 0.3) is 0 Å². The molecule has 0 unspecified atom stereocenters. The van der Waals surface area contributed by atoms with Gasteiger partial charge in [0.2, 0.25) is 5.91 Å². The van der Waals surface area contributed by atoms with Gasteiger partial charge in [-0.05, 0) is 24.6 Å². The molecule has 0 saturated carbocycles. The number of hydrogen-bond acceptors (Lipinski definition) is 2. The molecule has 4 heteroatoms. The molecule has 22 heavy (non-hydrogen) atoms. The van der Waals surface area contributed by atoms with E-state index in [0.717, 1.165) is 11.1 Å². The number of carboxylic acid groups (broad SMARTS) is 1. The summed E-state index contributed by atoms with van der Waals surface area (Å²) in [6.07, 6.45) is 0.217. The summed E-state index contributed by atoms with van der Waals surface area (Å²) >= 11 is 0. The molecule has 0 radical (unpaired) electrons. The van der Waals surface area contributed by atoms with E-state index in [0.29, 0.717) is 5.69 Å². The minimum Gasteiger partial charge on any atom is -0.480 e. The Kier molecular flexibility index (Phi) is 3.67. The van der Waals surface area contributed by atoms with Crippen molar-refractivity contribution in [3.05, 3.63) is 65.7 Å². The standard InChI is InChI=1S/C18H17NO3/c1-12-7-9-13(10-8-12)15-11-16(20)19(17(15)18(21)22)14-5-3-2-4-6-14/h2-10,15,17H,11H2,1H3,(H,21,22)/t15-,17+/m0/s1. The van der Waals surface area contributed by atoms with Crippen LogP contribution in [0.3, 0.4) is 0 Å². The maximum atomic E-state index is 12.4. The average molecular weight is 295 g/mol. The fourth-order valence-corrected chi connectivity index (χ4v) is 3.02. The number of benzene rings is 2. The van der Waals surface area contributed by atoms with Gasteiger partial charge in [0.15, 0.2) is 0 Å². The number of aliphatic carboxylic acids is 1. The van der Waals surface area contributed by atoms with E-state index in [4.69, 9.17) is 0 Å². The van der Waals surface area contributed by atoms with Crippen LogP contribution in [0, 0.1) is 6.92 Å². The normalized spacial score (nSPS) is 21.1. The Hall–Kier alpha value is -2.62. The molecule has 1 N–H and O–H groups in total. The minimum absolute atomic E-state index is 0.149. The zero-order chi connectivity index (χ0) is 15.7. The maximum absolute atomic E-state index is 12.4. The van der Waals surface area contributed by atoms with Crippen LogP contribution in [0.2, 0.25) is 0 Å². The number of rotatable bonds is 3. The fourth-order valence-electron chi connectivity index (χ4n) is 3.02. The topological polar surface area (TPSA) is 57.6 Å². The summed E-state index contributed by atoms with van der Waals surface area (Å²) in [6.45, 7) is 1.98. The summed E-state index contributed by atoms with van der Waals surface area (Å²) < 4.78 is 0. The first-order valence-corrected chi connectivity index (χ1v) is 7.24. The largest absolute Gasteiger partial charge is 0.480 e. The molecule has 1 fully saturated rings. The van der Waals surface area contributed by atoms with Gasteiger partial charge < -0.3 is 5.11 Å². The van der Waals surface area contributed by atoms with Gasteiger partial charge in [-0.15, -0.1) is 0 Å². The Balaban J connectivity index is 2.01. The van der Waals surface area contributed by atoms with Crippen LogP contribution in [0.4, 0.5) is 5.69 Å². The summed E-state index contributed by atoms with van der Waals surface area (Å²) in [5, 5.41) is 9.66. The zero-order valence-corrected chi connectivity index (χ0v) is 12.3. The lowest BCUT2D eigenvalue weighted by atomic mass is 9.91. The average Bonchev–Trinajstić information content (AvgIpc) is 2.86. The predicted octanol–water partition coefficient (Wildman–Crippen LogP) is 2.97. The quantitative estimate of drug-likeness (QED) is 0.947. The van der Waals surface area contributed by atoms with Crippen molar-refractivity contribution in [3.8, 4) is 0 Å². The predicted molar refractivity (Wildman–Crippen MR) is 83.9 cm³/mol. The summed E-state index contributed by atoms with van der Waals surface area (Å²) in [5.41, 5.74) is 2.64. The van der Waals surface area contributed by atoms with Gasteiger partial charge in [-0.25, -0.2) is 4.79 Å². The van der Waals surface area contributed by atoms with Gasteiger partial charge in [0.05, 0.1) is 0 Å². The van der Waals surface area contributed by atoms with Crippen LogP contribution >= 0.6 is 0 Å². The van der Waals surface area contributed by atoms with Crippen LogP contribution in [0.15, 0.2) is 54.6 Å². The molecule has 4 nitrogen and oxygen atoms in total. The SMILES string of the molecule is Cc1ccc([C@@H]2CC(=O)N(c3ccccc3)[C@H]2C(=O)O)cc1. The molecule has 0 bridgehead atoms. The number of anilines is 1. The van der Waals surface area contributed by atoms with E-state index in [1.165, 1.54) is 4.90 Å². The van der Waals surface area contributed by atoms with E-state index in [1.54, 1.807) is 24.3 Å². The third kappa shape index (κ3) is 2.48. The van der Waals surface area contributed by atoms with Crippen LogP contribution in [-0.4, -0.2) is 23.0 Å². The summed E-state index contributed by atoms with van der Waals surface area (Å²) in [5.74, 6) is -1.45. The molecule has 112 valence electrons. The number of hydrogen-bond donors (Lipinski definition) is 1. The smallest absolute Gasteiger partial charge is 0.327 e. The van der Waals surface area contributed by atoms with Gasteiger partial charge in [0.1, 0.15) is 6.04 Å². The second kappa shape index (κ2) is 5.64. The van der Waals surface area contributed by atoms with Gasteiger partial charge in [0, 0.05) is 18.0 Å². The lowest BCUT2D eigenvalue weighted by Crippen LogP contribution is -2.40. The minimum atomic E-state index is -0.972. The fraction of sp³-hybridized carbons (Fsp3) is 0.222. The van der Waals surface area contributed by atoms with Crippen molar-refractivity contribution in [2.45, 2.75) is 25.3 Å². The Labute approximate surface area is 129 Å². The molecule has 2 aromatic rings. The highest BCUT2D eigenvalue weighted by molar-refractivity contribution is 6.03. The number of carbonyl (C=O) groups is 2. The second-order valence-electron chi connectivity index (χ2n) is 5.60. The van der Waals surface area contributed by atoms with E-state index in [1.807, 2.05) is 37.3 Å². The number of para-hydroxylation sites is 1. The first-order chi connectivity index (χ1) is 10.6. The summed E-state index contributed by atoms with van der Waals surface area (Å²) in [4.78, 5) is 25.6. The first kappa shape index (κ1) is 14.3. The molecule has 1 heterocycles. The van der Waals surface area contributed by atoms with Crippen LogP contribution in [0.25, 0.3) is 0 Å². The molecule has 1 amide bonds. The molecule has 3 rings (SSSR count). The van der Waals surface area contributed by atoms with E-state index in [-0.39, 0.29) is 18.2 Å². The van der Waals surface area contributed by atoms with Crippen molar-refractivity contribution in [2.24, 2.45) is 0 Å². The van der Waals surface area contributed by atoms with Crippen molar-refractivity contribution in [2.75, 3.05) is 4.90 Å². The Bertz CT molecular complexity index is 694. The van der Waals surface area contributed by atoms with Crippen molar-refractivity contribution in [3.63, 3.8) is 0 Å². The lowest BCUT2D eigenvalue weighted by molar-refractivity contribution is -0.139. The number of carbonyl (C=O) groups excluding carboxylic acids is 1. The van der Waals surface area contributed by atoms with E-state index in [2.05, 4.69) is 0 Å². The Morgan fingerprint density at radius 3 is 2.32 bits per heavy atom. The molecule has 0 spiro atoms. The molecule has 0 aliphatic carbocycles. The number of carboxylic acids is 1. The molecule has 1 aliphatic heterocycles. The first-order valence-electron chi connectivity index (χ1n) is 7.24.